The molecular formula is C14H24ClN3S. The molecule has 1 atom stereocenters. The first-order chi connectivity index (χ1) is 8.79. The highest BCUT2D eigenvalue weighted by molar-refractivity contribution is 7.98. The predicted molar refractivity (Wildman–Crippen MR) is 86.6 cm³/mol. The van der Waals surface area contributed by atoms with E-state index in [2.05, 4.69) is 49.2 Å². The zero-order valence-electron chi connectivity index (χ0n) is 12.7. The maximum atomic E-state index is 6.23. The van der Waals surface area contributed by atoms with Crippen molar-refractivity contribution in [2.75, 3.05) is 17.3 Å². The minimum Gasteiger partial charge on any atom is -0.366 e. The van der Waals surface area contributed by atoms with Crippen LogP contribution in [0.5, 0.6) is 0 Å². The molecule has 108 valence electrons. The van der Waals surface area contributed by atoms with Crippen LogP contribution in [0.1, 0.15) is 45.5 Å². The predicted octanol–water partition coefficient (Wildman–Crippen LogP) is 4.29. The van der Waals surface area contributed by atoms with Crippen molar-refractivity contribution in [3.8, 4) is 0 Å². The van der Waals surface area contributed by atoms with E-state index >= 15 is 0 Å². The first-order valence-corrected chi connectivity index (χ1v) is 8.36. The van der Waals surface area contributed by atoms with Gasteiger partial charge in [0.2, 0.25) is 0 Å². The van der Waals surface area contributed by atoms with E-state index in [1.165, 1.54) is 0 Å². The Balaban J connectivity index is 3.09. The van der Waals surface area contributed by atoms with Crippen molar-refractivity contribution in [3.63, 3.8) is 0 Å². The Morgan fingerprint density at radius 1 is 1.32 bits per heavy atom. The van der Waals surface area contributed by atoms with Crippen LogP contribution in [0.15, 0.2) is 0 Å². The molecule has 0 spiro atoms. The van der Waals surface area contributed by atoms with Gasteiger partial charge in [0, 0.05) is 22.8 Å². The Hall–Kier alpha value is -0.480. The van der Waals surface area contributed by atoms with Crippen LogP contribution >= 0.6 is 23.4 Å². The lowest BCUT2D eigenvalue weighted by molar-refractivity contribution is 0.544. The van der Waals surface area contributed by atoms with E-state index < -0.39 is 0 Å². The van der Waals surface area contributed by atoms with Gasteiger partial charge in [-0.1, -0.05) is 39.3 Å². The molecule has 5 heteroatoms. The van der Waals surface area contributed by atoms with Crippen LogP contribution in [0.4, 0.5) is 5.82 Å². The molecule has 0 bridgehead atoms. The minimum absolute atomic E-state index is 0.102. The summed E-state index contributed by atoms with van der Waals surface area (Å²) in [6.07, 6.45) is 3.18. The molecule has 1 aromatic rings. The van der Waals surface area contributed by atoms with Crippen molar-refractivity contribution in [2.45, 2.75) is 52.5 Å². The Morgan fingerprint density at radius 3 is 2.42 bits per heavy atom. The van der Waals surface area contributed by atoms with Crippen LogP contribution in [0.2, 0.25) is 5.15 Å². The number of hydrogen-bond acceptors (Lipinski definition) is 4. The molecule has 0 fully saturated rings. The first kappa shape index (κ1) is 16.6. The van der Waals surface area contributed by atoms with Crippen LogP contribution in [-0.2, 0) is 5.41 Å². The highest BCUT2D eigenvalue weighted by Gasteiger charge is 2.21. The summed E-state index contributed by atoms with van der Waals surface area (Å²) in [7, 11) is 0. The fourth-order valence-corrected chi connectivity index (χ4v) is 2.51. The zero-order chi connectivity index (χ0) is 14.6. The van der Waals surface area contributed by atoms with Crippen LogP contribution in [-0.4, -0.2) is 28.0 Å². The second kappa shape index (κ2) is 6.80. The molecule has 0 aliphatic rings. The Morgan fingerprint density at radius 2 is 1.95 bits per heavy atom. The van der Waals surface area contributed by atoms with E-state index in [0.717, 1.165) is 29.4 Å². The highest BCUT2D eigenvalue weighted by Crippen LogP contribution is 2.26. The SMILES string of the molecule is CCC(CSC)Nc1nc(C(C)(C)C)nc(Cl)c1C. The van der Waals surface area contributed by atoms with Crippen molar-refractivity contribution in [1.29, 1.82) is 0 Å². The topological polar surface area (TPSA) is 37.8 Å². The largest absolute Gasteiger partial charge is 0.366 e. The third-order valence-corrected chi connectivity index (χ3v) is 4.06. The Bertz CT molecular complexity index is 429. The quantitative estimate of drug-likeness (QED) is 0.823. The molecule has 0 aliphatic carbocycles. The minimum atomic E-state index is -0.102. The molecule has 0 saturated carbocycles. The average molecular weight is 302 g/mol. The summed E-state index contributed by atoms with van der Waals surface area (Å²) in [5.74, 6) is 2.71. The summed E-state index contributed by atoms with van der Waals surface area (Å²) >= 11 is 8.07. The summed E-state index contributed by atoms with van der Waals surface area (Å²) in [6.45, 7) is 10.4. The average Bonchev–Trinajstić information content (AvgIpc) is 2.32. The third kappa shape index (κ3) is 4.53. The summed E-state index contributed by atoms with van der Waals surface area (Å²) in [5, 5.41) is 4.04. The fraction of sp³-hybridized carbons (Fsp3) is 0.714. The van der Waals surface area contributed by atoms with Crippen molar-refractivity contribution in [2.24, 2.45) is 0 Å². The van der Waals surface area contributed by atoms with Gasteiger partial charge < -0.3 is 5.32 Å². The standard InChI is InChI=1S/C14H24ClN3S/c1-7-10(8-19-6)16-12-9(2)11(15)17-13(18-12)14(3,4)5/h10H,7-8H2,1-6H3,(H,16,17,18). The summed E-state index contributed by atoms with van der Waals surface area (Å²) in [5.41, 5.74) is 0.823. The van der Waals surface area contributed by atoms with Gasteiger partial charge in [-0.25, -0.2) is 9.97 Å². The van der Waals surface area contributed by atoms with Crippen molar-refractivity contribution in [3.05, 3.63) is 16.5 Å². The number of thioether (sulfide) groups is 1. The summed E-state index contributed by atoms with van der Waals surface area (Å²) in [4.78, 5) is 9.05. The van der Waals surface area contributed by atoms with E-state index in [0.29, 0.717) is 11.2 Å². The van der Waals surface area contributed by atoms with E-state index in [9.17, 15) is 0 Å². The lowest BCUT2D eigenvalue weighted by Crippen LogP contribution is -2.24. The molecule has 1 aromatic heterocycles. The molecular weight excluding hydrogens is 278 g/mol. The Labute approximate surface area is 125 Å². The maximum absolute atomic E-state index is 6.23. The third-order valence-electron chi connectivity index (χ3n) is 2.96. The van der Waals surface area contributed by atoms with E-state index in [1.54, 1.807) is 0 Å². The number of hydrogen-bond donors (Lipinski definition) is 1. The fourth-order valence-electron chi connectivity index (χ4n) is 1.62. The lowest BCUT2D eigenvalue weighted by atomic mass is 9.95. The number of nitrogens with one attached hydrogen (secondary N) is 1. The second-order valence-corrected chi connectivity index (χ2v) is 7.04. The van der Waals surface area contributed by atoms with Crippen molar-refractivity contribution < 1.29 is 0 Å². The molecule has 3 nitrogen and oxygen atoms in total. The van der Waals surface area contributed by atoms with Gasteiger partial charge in [-0.05, 0) is 19.6 Å². The van der Waals surface area contributed by atoms with Gasteiger partial charge in [0.25, 0.3) is 0 Å². The van der Waals surface area contributed by atoms with Crippen LogP contribution < -0.4 is 5.32 Å². The van der Waals surface area contributed by atoms with Gasteiger partial charge in [-0.3, -0.25) is 0 Å². The van der Waals surface area contributed by atoms with Gasteiger partial charge in [0.05, 0.1) is 0 Å². The number of aromatic nitrogens is 2. The van der Waals surface area contributed by atoms with Crippen LogP contribution in [0, 0.1) is 6.92 Å². The normalized spacial score (nSPS) is 13.4. The molecule has 0 radical (unpaired) electrons. The molecule has 1 N–H and O–H groups in total. The van der Waals surface area contributed by atoms with Gasteiger partial charge in [-0.15, -0.1) is 0 Å². The molecule has 0 aromatic carbocycles. The lowest BCUT2D eigenvalue weighted by Gasteiger charge is -2.22. The van der Waals surface area contributed by atoms with Crippen molar-refractivity contribution >= 4 is 29.2 Å². The molecule has 1 rings (SSSR count). The number of anilines is 1. The van der Waals surface area contributed by atoms with Crippen molar-refractivity contribution in [1.82, 2.24) is 9.97 Å². The second-order valence-electron chi connectivity index (χ2n) is 5.77. The van der Waals surface area contributed by atoms with E-state index in [4.69, 9.17) is 11.6 Å². The van der Waals surface area contributed by atoms with Gasteiger partial charge >= 0.3 is 0 Å². The van der Waals surface area contributed by atoms with Gasteiger partial charge in [0.15, 0.2) is 0 Å². The van der Waals surface area contributed by atoms with E-state index in [1.807, 2.05) is 18.7 Å². The molecule has 0 amide bonds. The maximum Gasteiger partial charge on any atom is 0.137 e. The zero-order valence-corrected chi connectivity index (χ0v) is 14.2. The molecule has 0 aliphatic heterocycles. The number of rotatable bonds is 5. The molecule has 1 unspecified atom stereocenters. The van der Waals surface area contributed by atoms with Gasteiger partial charge in [0.1, 0.15) is 16.8 Å². The van der Waals surface area contributed by atoms with Crippen LogP contribution in [0.25, 0.3) is 0 Å². The number of halogens is 1. The van der Waals surface area contributed by atoms with E-state index in [-0.39, 0.29) is 5.41 Å². The van der Waals surface area contributed by atoms with Crippen LogP contribution in [0.3, 0.4) is 0 Å². The molecule has 19 heavy (non-hydrogen) atoms. The summed E-state index contributed by atoms with van der Waals surface area (Å²) < 4.78 is 0. The Kier molecular flexibility index (Phi) is 5.93. The monoisotopic (exact) mass is 301 g/mol. The number of nitrogens with zero attached hydrogens (tertiary/aromatic N) is 2. The molecule has 0 saturated heterocycles. The smallest absolute Gasteiger partial charge is 0.137 e. The van der Waals surface area contributed by atoms with Gasteiger partial charge in [-0.2, -0.15) is 11.8 Å². The highest BCUT2D eigenvalue weighted by atomic mass is 35.5. The first-order valence-electron chi connectivity index (χ1n) is 6.59. The molecule has 1 heterocycles. The summed E-state index contributed by atoms with van der Waals surface area (Å²) in [6, 6.07) is 0.410.